The molecule has 0 aromatic rings. The van der Waals surface area contributed by atoms with Crippen LogP contribution >= 0.6 is 0 Å². The molecular formula is C8H19BN2O. The van der Waals surface area contributed by atoms with Gasteiger partial charge in [0.25, 0.3) is 0 Å². The number of hydrogen-bond acceptors (Lipinski definition) is 3. The fourth-order valence-electron chi connectivity index (χ4n) is 1.73. The molecular weight excluding hydrogens is 151 g/mol. The predicted octanol–water partition coefficient (Wildman–Crippen LogP) is 0.204. The van der Waals surface area contributed by atoms with Crippen molar-refractivity contribution in [1.29, 1.82) is 0 Å². The van der Waals surface area contributed by atoms with Crippen LogP contribution in [0, 0.1) is 5.92 Å². The third kappa shape index (κ3) is 3.56. The van der Waals surface area contributed by atoms with Crippen LogP contribution in [0.5, 0.6) is 0 Å². The molecule has 0 atom stereocenters. The van der Waals surface area contributed by atoms with Gasteiger partial charge >= 0.3 is 7.05 Å². The van der Waals surface area contributed by atoms with Gasteiger partial charge in [0.2, 0.25) is 0 Å². The van der Waals surface area contributed by atoms with Crippen molar-refractivity contribution >= 4 is 7.05 Å². The second kappa shape index (κ2) is 4.85. The van der Waals surface area contributed by atoms with Crippen molar-refractivity contribution in [2.45, 2.75) is 38.5 Å². The molecule has 1 saturated carbocycles. The zero-order valence-corrected chi connectivity index (χ0v) is 7.79. The summed E-state index contributed by atoms with van der Waals surface area (Å²) >= 11 is 0. The van der Waals surface area contributed by atoms with Crippen molar-refractivity contribution in [3.05, 3.63) is 0 Å². The Kier molecular flexibility index (Phi) is 4.05. The molecule has 4 N–H and O–H groups in total. The molecule has 1 rings (SSSR count). The van der Waals surface area contributed by atoms with Crippen LogP contribution in [0.15, 0.2) is 0 Å². The minimum absolute atomic E-state index is 0.374. The highest BCUT2D eigenvalue weighted by Gasteiger charge is 2.18. The van der Waals surface area contributed by atoms with Crippen LogP contribution in [0.1, 0.15) is 25.7 Å². The summed E-state index contributed by atoms with van der Waals surface area (Å²) in [5, 5.41) is 12.0. The average Bonchev–Trinajstić information content (AvgIpc) is 2.03. The topological polar surface area (TPSA) is 58.3 Å². The summed E-state index contributed by atoms with van der Waals surface area (Å²) in [5.41, 5.74) is 5.78. The van der Waals surface area contributed by atoms with Crippen molar-refractivity contribution in [3.8, 4) is 0 Å². The van der Waals surface area contributed by atoms with Gasteiger partial charge in [-0.2, -0.15) is 0 Å². The van der Waals surface area contributed by atoms with E-state index in [9.17, 15) is 0 Å². The van der Waals surface area contributed by atoms with Gasteiger partial charge in [-0.05, 0) is 45.0 Å². The molecule has 1 aliphatic carbocycles. The second-order valence-corrected chi connectivity index (χ2v) is 3.87. The highest BCUT2D eigenvalue weighted by Crippen LogP contribution is 2.22. The van der Waals surface area contributed by atoms with E-state index < -0.39 is 0 Å². The van der Waals surface area contributed by atoms with Crippen molar-refractivity contribution in [2.75, 3.05) is 6.54 Å². The van der Waals surface area contributed by atoms with E-state index >= 15 is 0 Å². The molecule has 0 heterocycles. The SMILES string of the molecule is CB(O)NCC1CCC(N)CC1. The van der Waals surface area contributed by atoms with E-state index in [0.29, 0.717) is 6.04 Å². The minimum atomic E-state index is -0.374. The van der Waals surface area contributed by atoms with Gasteiger partial charge in [-0.1, -0.05) is 0 Å². The molecule has 0 bridgehead atoms. The van der Waals surface area contributed by atoms with E-state index in [1.807, 2.05) is 0 Å². The number of nitrogens with one attached hydrogen (secondary N) is 1. The van der Waals surface area contributed by atoms with E-state index in [2.05, 4.69) is 5.23 Å². The van der Waals surface area contributed by atoms with Gasteiger partial charge < -0.3 is 16.0 Å². The molecule has 0 saturated heterocycles. The maximum absolute atomic E-state index is 9.00. The van der Waals surface area contributed by atoms with Crippen molar-refractivity contribution < 1.29 is 5.02 Å². The first-order valence-corrected chi connectivity index (χ1v) is 4.85. The van der Waals surface area contributed by atoms with E-state index in [4.69, 9.17) is 10.8 Å². The summed E-state index contributed by atoms with van der Waals surface area (Å²) in [6.07, 6.45) is 4.71. The predicted molar refractivity (Wildman–Crippen MR) is 51.8 cm³/mol. The molecule has 1 fully saturated rings. The summed E-state index contributed by atoms with van der Waals surface area (Å²) in [5.74, 6) is 0.722. The maximum atomic E-state index is 9.00. The average molecular weight is 170 g/mol. The van der Waals surface area contributed by atoms with Gasteiger partial charge in [0, 0.05) is 6.04 Å². The standard InChI is InChI=1S/C8H19BN2O/c1-9(12)11-6-7-2-4-8(10)5-3-7/h7-8,11-12H,2-6,10H2,1H3. The lowest BCUT2D eigenvalue weighted by Gasteiger charge is -2.26. The van der Waals surface area contributed by atoms with Crippen LogP contribution in [-0.2, 0) is 0 Å². The lowest BCUT2D eigenvalue weighted by molar-refractivity contribution is 0.323. The highest BCUT2D eigenvalue weighted by molar-refractivity contribution is 6.45. The Hall–Kier alpha value is -0.0551. The fourth-order valence-corrected chi connectivity index (χ4v) is 1.73. The van der Waals surface area contributed by atoms with E-state index in [0.717, 1.165) is 25.3 Å². The quantitative estimate of drug-likeness (QED) is 0.530. The summed E-state index contributed by atoms with van der Waals surface area (Å²) in [4.78, 5) is 0. The molecule has 0 aromatic heterocycles. The largest absolute Gasteiger partial charge is 0.437 e. The van der Waals surface area contributed by atoms with E-state index in [-0.39, 0.29) is 7.05 Å². The van der Waals surface area contributed by atoms with Crippen molar-refractivity contribution in [2.24, 2.45) is 11.7 Å². The molecule has 4 heteroatoms. The first-order valence-electron chi connectivity index (χ1n) is 4.85. The second-order valence-electron chi connectivity index (χ2n) is 3.87. The molecule has 0 aliphatic heterocycles. The Morgan fingerprint density at radius 2 is 2.00 bits per heavy atom. The zero-order valence-electron chi connectivity index (χ0n) is 7.79. The first kappa shape index (κ1) is 10.0. The summed E-state index contributed by atoms with van der Waals surface area (Å²) in [6, 6.07) is 0.424. The van der Waals surface area contributed by atoms with Gasteiger partial charge in [0.1, 0.15) is 0 Å². The number of nitrogens with two attached hydrogens (primary N) is 1. The lowest BCUT2D eigenvalue weighted by Crippen LogP contribution is -2.37. The number of hydrogen-bond donors (Lipinski definition) is 3. The molecule has 0 spiro atoms. The summed E-state index contributed by atoms with van der Waals surface area (Å²) in [6.45, 7) is 2.69. The van der Waals surface area contributed by atoms with Crippen LogP contribution in [0.4, 0.5) is 0 Å². The summed E-state index contributed by atoms with van der Waals surface area (Å²) in [7, 11) is -0.374. The minimum Gasteiger partial charge on any atom is -0.437 e. The molecule has 0 amide bonds. The van der Waals surface area contributed by atoms with Crippen LogP contribution in [0.2, 0.25) is 6.82 Å². The lowest BCUT2D eigenvalue weighted by atomic mass is 9.83. The Labute approximate surface area is 74.9 Å². The molecule has 0 radical (unpaired) electrons. The molecule has 70 valence electrons. The highest BCUT2D eigenvalue weighted by atomic mass is 16.2. The molecule has 3 nitrogen and oxygen atoms in total. The molecule has 0 unspecified atom stereocenters. The monoisotopic (exact) mass is 170 g/mol. The van der Waals surface area contributed by atoms with Gasteiger partial charge in [0.15, 0.2) is 0 Å². The Balaban J connectivity index is 2.09. The zero-order chi connectivity index (χ0) is 8.97. The molecule has 1 aliphatic rings. The van der Waals surface area contributed by atoms with Gasteiger partial charge in [-0.15, -0.1) is 0 Å². The Morgan fingerprint density at radius 1 is 1.42 bits per heavy atom. The van der Waals surface area contributed by atoms with Gasteiger partial charge in [-0.25, -0.2) is 0 Å². The Bertz CT molecular complexity index is 124. The van der Waals surface area contributed by atoms with Crippen molar-refractivity contribution in [3.63, 3.8) is 0 Å². The Morgan fingerprint density at radius 3 is 2.50 bits per heavy atom. The van der Waals surface area contributed by atoms with Crippen LogP contribution < -0.4 is 11.0 Å². The van der Waals surface area contributed by atoms with Crippen molar-refractivity contribution in [1.82, 2.24) is 5.23 Å². The normalized spacial score (nSPS) is 30.2. The summed E-state index contributed by atoms with van der Waals surface area (Å²) < 4.78 is 0. The molecule has 12 heavy (non-hydrogen) atoms. The van der Waals surface area contributed by atoms with Gasteiger partial charge in [-0.3, -0.25) is 0 Å². The third-order valence-electron chi connectivity index (χ3n) is 2.59. The van der Waals surface area contributed by atoms with Crippen LogP contribution in [0.3, 0.4) is 0 Å². The van der Waals surface area contributed by atoms with Gasteiger partial charge in [0.05, 0.1) is 0 Å². The third-order valence-corrected chi connectivity index (χ3v) is 2.59. The molecule has 0 aromatic carbocycles. The smallest absolute Gasteiger partial charge is 0.373 e. The van der Waals surface area contributed by atoms with E-state index in [1.165, 1.54) is 12.8 Å². The first-order chi connectivity index (χ1) is 5.68. The van der Waals surface area contributed by atoms with Crippen LogP contribution in [-0.4, -0.2) is 24.7 Å². The number of rotatable bonds is 3. The maximum Gasteiger partial charge on any atom is 0.373 e. The van der Waals surface area contributed by atoms with E-state index in [1.54, 1.807) is 6.82 Å². The fraction of sp³-hybridized carbons (Fsp3) is 1.00. The van der Waals surface area contributed by atoms with Crippen LogP contribution in [0.25, 0.3) is 0 Å².